The lowest BCUT2D eigenvalue weighted by molar-refractivity contribution is -0.121. The van der Waals surface area contributed by atoms with E-state index in [9.17, 15) is 9.59 Å². The van der Waals surface area contributed by atoms with Gasteiger partial charge in [0.05, 0.1) is 15.7 Å². The van der Waals surface area contributed by atoms with E-state index >= 15 is 0 Å². The van der Waals surface area contributed by atoms with Crippen LogP contribution in [-0.2, 0) is 9.59 Å². The molecule has 1 aromatic carbocycles. The van der Waals surface area contributed by atoms with Crippen LogP contribution in [-0.4, -0.2) is 24.9 Å². The summed E-state index contributed by atoms with van der Waals surface area (Å²) in [5.41, 5.74) is 1.96. The molecule has 0 heterocycles. The molecule has 0 saturated carbocycles. The SMILES string of the molecule is CC(=O)N(CCC(=O)NCCC1=CCCCC1)c1cccc(Cl)c1Cl. The number of carbonyl (C=O) groups excluding carboxylic acids is 2. The van der Waals surface area contributed by atoms with Crippen molar-refractivity contribution < 1.29 is 9.59 Å². The minimum Gasteiger partial charge on any atom is -0.356 e. The molecule has 1 N–H and O–H groups in total. The molecule has 2 rings (SSSR count). The van der Waals surface area contributed by atoms with Crippen LogP contribution in [0.1, 0.15) is 45.4 Å². The highest BCUT2D eigenvalue weighted by molar-refractivity contribution is 6.44. The Labute approximate surface area is 159 Å². The van der Waals surface area contributed by atoms with Crippen molar-refractivity contribution in [3.8, 4) is 0 Å². The first-order valence-corrected chi connectivity index (χ1v) is 9.41. The van der Waals surface area contributed by atoms with Gasteiger partial charge in [0.2, 0.25) is 11.8 Å². The first-order valence-electron chi connectivity index (χ1n) is 8.65. The van der Waals surface area contributed by atoms with Gasteiger partial charge in [-0.05, 0) is 44.2 Å². The van der Waals surface area contributed by atoms with Crippen molar-refractivity contribution in [3.63, 3.8) is 0 Å². The van der Waals surface area contributed by atoms with E-state index in [1.165, 1.54) is 30.2 Å². The second kappa shape index (κ2) is 9.83. The van der Waals surface area contributed by atoms with Gasteiger partial charge in [0.1, 0.15) is 0 Å². The van der Waals surface area contributed by atoms with Crippen LogP contribution >= 0.6 is 23.2 Å². The summed E-state index contributed by atoms with van der Waals surface area (Å²) >= 11 is 12.2. The van der Waals surface area contributed by atoms with Gasteiger partial charge in [0.15, 0.2) is 0 Å². The Morgan fingerprint density at radius 3 is 2.72 bits per heavy atom. The number of hydrogen-bond acceptors (Lipinski definition) is 2. The number of nitrogens with one attached hydrogen (secondary N) is 1. The van der Waals surface area contributed by atoms with Crippen molar-refractivity contribution in [1.82, 2.24) is 5.32 Å². The van der Waals surface area contributed by atoms with Gasteiger partial charge >= 0.3 is 0 Å². The molecule has 0 spiro atoms. The average molecular weight is 383 g/mol. The minimum absolute atomic E-state index is 0.0687. The zero-order valence-corrected chi connectivity index (χ0v) is 16.0. The van der Waals surface area contributed by atoms with E-state index in [0.717, 1.165) is 19.3 Å². The molecular weight excluding hydrogens is 359 g/mol. The maximum absolute atomic E-state index is 12.1. The quantitative estimate of drug-likeness (QED) is 0.692. The number of rotatable bonds is 7. The Kier molecular flexibility index (Phi) is 7.79. The topological polar surface area (TPSA) is 49.4 Å². The van der Waals surface area contributed by atoms with Crippen LogP contribution in [0.2, 0.25) is 10.0 Å². The van der Waals surface area contributed by atoms with Gasteiger partial charge in [0, 0.05) is 26.4 Å². The van der Waals surface area contributed by atoms with Crippen LogP contribution in [0.5, 0.6) is 0 Å². The Morgan fingerprint density at radius 2 is 2.04 bits per heavy atom. The number of carbonyl (C=O) groups is 2. The molecule has 0 unspecified atom stereocenters. The molecule has 4 nitrogen and oxygen atoms in total. The molecule has 1 aliphatic rings. The number of halogens is 2. The van der Waals surface area contributed by atoms with Crippen molar-refractivity contribution in [3.05, 3.63) is 39.9 Å². The van der Waals surface area contributed by atoms with Gasteiger partial charge in [-0.25, -0.2) is 0 Å². The summed E-state index contributed by atoms with van der Waals surface area (Å²) < 4.78 is 0. The van der Waals surface area contributed by atoms with Crippen LogP contribution in [0.15, 0.2) is 29.8 Å². The van der Waals surface area contributed by atoms with E-state index in [2.05, 4.69) is 11.4 Å². The Balaban J connectivity index is 1.84. The standard InChI is InChI=1S/C19H24Cl2N2O2/c1-14(24)23(17-9-5-8-16(20)19(17)21)13-11-18(25)22-12-10-15-6-3-2-4-7-15/h5-6,8-9H,2-4,7,10-13H2,1H3,(H,22,25). The molecule has 2 amide bonds. The smallest absolute Gasteiger partial charge is 0.223 e. The largest absolute Gasteiger partial charge is 0.356 e. The minimum atomic E-state index is -0.177. The number of nitrogens with zero attached hydrogens (tertiary/aromatic N) is 1. The van der Waals surface area contributed by atoms with E-state index in [1.807, 2.05) is 0 Å². The summed E-state index contributed by atoms with van der Waals surface area (Å²) in [7, 11) is 0. The first kappa shape index (κ1) is 19.8. The molecule has 136 valence electrons. The van der Waals surface area contributed by atoms with E-state index in [4.69, 9.17) is 23.2 Å². The third kappa shape index (κ3) is 6.05. The van der Waals surface area contributed by atoms with E-state index in [-0.39, 0.29) is 24.8 Å². The molecule has 0 fully saturated rings. The van der Waals surface area contributed by atoms with Crippen LogP contribution < -0.4 is 10.2 Å². The molecule has 6 heteroatoms. The fraction of sp³-hybridized carbons (Fsp3) is 0.474. The Hall–Kier alpha value is -1.52. The fourth-order valence-corrected chi connectivity index (χ4v) is 3.34. The Bertz CT molecular complexity index is 659. The third-order valence-corrected chi connectivity index (χ3v) is 5.13. The summed E-state index contributed by atoms with van der Waals surface area (Å²) in [5.74, 6) is -0.245. The summed E-state index contributed by atoms with van der Waals surface area (Å²) in [6, 6.07) is 5.12. The first-order chi connectivity index (χ1) is 12.0. The molecule has 0 radical (unpaired) electrons. The van der Waals surface area contributed by atoms with Gasteiger partial charge in [0.25, 0.3) is 0 Å². The van der Waals surface area contributed by atoms with Crippen molar-refractivity contribution >= 4 is 40.7 Å². The molecule has 1 aliphatic carbocycles. The molecule has 0 saturated heterocycles. The molecule has 1 aromatic rings. The van der Waals surface area contributed by atoms with Gasteiger partial charge in [-0.3, -0.25) is 9.59 Å². The van der Waals surface area contributed by atoms with Crippen molar-refractivity contribution in [2.45, 2.75) is 45.4 Å². The molecule has 0 aliphatic heterocycles. The number of hydrogen-bond donors (Lipinski definition) is 1. The third-order valence-electron chi connectivity index (χ3n) is 4.32. The van der Waals surface area contributed by atoms with Crippen LogP contribution in [0.3, 0.4) is 0 Å². The zero-order chi connectivity index (χ0) is 18.2. The maximum atomic E-state index is 12.1. The summed E-state index contributed by atoms with van der Waals surface area (Å²) in [6.07, 6.45) is 8.22. The molecular formula is C19H24Cl2N2O2. The highest BCUT2D eigenvalue weighted by Crippen LogP contribution is 2.32. The normalized spacial score (nSPS) is 14.0. The average Bonchev–Trinajstić information content (AvgIpc) is 2.59. The van der Waals surface area contributed by atoms with Crippen LogP contribution in [0.25, 0.3) is 0 Å². The molecule has 25 heavy (non-hydrogen) atoms. The van der Waals surface area contributed by atoms with Crippen LogP contribution in [0.4, 0.5) is 5.69 Å². The predicted octanol–water partition coefficient (Wildman–Crippen LogP) is 4.74. The molecule has 0 atom stereocenters. The van der Waals surface area contributed by atoms with Gasteiger partial charge in [-0.1, -0.05) is 40.9 Å². The van der Waals surface area contributed by atoms with Crippen molar-refractivity contribution in [1.29, 1.82) is 0 Å². The lowest BCUT2D eigenvalue weighted by atomic mass is 9.97. The monoisotopic (exact) mass is 382 g/mol. The zero-order valence-electron chi connectivity index (χ0n) is 14.5. The van der Waals surface area contributed by atoms with E-state index in [1.54, 1.807) is 18.2 Å². The van der Waals surface area contributed by atoms with Gasteiger partial charge in [-0.15, -0.1) is 0 Å². The number of benzene rings is 1. The predicted molar refractivity (Wildman–Crippen MR) is 103 cm³/mol. The number of amides is 2. The summed E-state index contributed by atoms with van der Waals surface area (Å²) in [4.78, 5) is 25.5. The molecule has 0 bridgehead atoms. The van der Waals surface area contributed by atoms with Crippen LogP contribution in [0, 0.1) is 0 Å². The van der Waals surface area contributed by atoms with Crippen molar-refractivity contribution in [2.75, 3.05) is 18.0 Å². The second-order valence-electron chi connectivity index (χ2n) is 6.20. The van der Waals surface area contributed by atoms with E-state index in [0.29, 0.717) is 22.3 Å². The Morgan fingerprint density at radius 1 is 1.24 bits per heavy atom. The van der Waals surface area contributed by atoms with E-state index < -0.39 is 0 Å². The van der Waals surface area contributed by atoms with Gasteiger partial charge < -0.3 is 10.2 Å². The number of anilines is 1. The highest BCUT2D eigenvalue weighted by atomic mass is 35.5. The summed E-state index contributed by atoms with van der Waals surface area (Å²) in [6.45, 7) is 2.36. The number of allylic oxidation sites excluding steroid dienone is 1. The lowest BCUT2D eigenvalue weighted by Crippen LogP contribution is -2.34. The maximum Gasteiger partial charge on any atom is 0.223 e. The summed E-state index contributed by atoms with van der Waals surface area (Å²) in [5, 5.41) is 3.63. The second-order valence-corrected chi connectivity index (χ2v) is 6.99. The lowest BCUT2D eigenvalue weighted by Gasteiger charge is -2.22. The fourth-order valence-electron chi connectivity index (χ4n) is 2.94. The van der Waals surface area contributed by atoms with Gasteiger partial charge in [-0.2, -0.15) is 0 Å². The molecule has 0 aromatic heterocycles. The highest BCUT2D eigenvalue weighted by Gasteiger charge is 2.17. The van der Waals surface area contributed by atoms with Crippen molar-refractivity contribution in [2.24, 2.45) is 0 Å².